The van der Waals surface area contributed by atoms with Crippen molar-refractivity contribution < 1.29 is 4.79 Å². The van der Waals surface area contributed by atoms with E-state index in [0.29, 0.717) is 11.4 Å². The van der Waals surface area contributed by atoms with Crippen molar-refractivity contribution in [1.29, 1.82) is 0 Å². The fourth-order valence-corrected chi connectivity index (χ4v) is 2.61. The Morgan fingerprint density at radius 2 is 2.00 bits per heavy atom. The molecule has 17 heavy (non-hydrogen) atoms. The summed E-state index contributed by atoms with van der Waals surface area (Å²) in [7, 11) is 0. The smallest absolute Gasteiger partial charge is 0.233 e. The molecule has 1 aliphatic rings. The van der Waals surface area contributed by atoms with Gasteiger partial charge in [0.2, 0.25) is 5.91 Å². The molecule has 1 atom stereocenters. The lowest BCUT2D eigenvalue weighted by Crippen LogP contribution is -2.26. The summed E-state index contributed by atoms with van der Waals surface area (Å²) >= 11 is 17.8. The minimum Gasteiger partial charge on any atom is -0.325 e. The number of rotatable bonds is 2. The second-order valence-corrected chi connectivity index (χ2v) is 6.55. The Morgan fingerprint density at radius 1 is 1.41 bits per heavy atom. The highest BCUT2D eigenvalue weighted by Gasteiger charge is 2.67. The van der Waals surface area contributed by atoms with Gasteiger partial charge in [-0.3, -0.25) is 4.79 Å². The summed E-state index contributed by atoms with van der Waals surface area (Å²) in [5.41, 5.74) is 0.934. The molecule has 0 aromatic heterocycles. The Labute approximate surface area is 115 Å². The molecule has 0 heterocycles. The number of anilines is 1. The third kappa shape index (κ3) is 2.26. The van der Waals surface area contributed by atoms with Crippen molar-refractivity contribution in [1.82, 2.24) is 0 Å². The van der Waals surface area contributed by atoms with Crippen LogP contribution in [0.15, 0.2) is 18.2 Å². The van der Waals surface area contributed by atoms with E-state index in [-0.39, 0.29) is 5.91 Å². The molecule has 2 nitrogen and oxygen atoms in total. The summed E-state index contributed by atoms with van der Waals surface area (Å²) in [5.74, 6) is -0.159. The molecule has 0 saturated heterocycles. The largest absolute Gasteiger partial charge is 0.325 e. The van der Waals surface area contributed by atoms with Crippen LogP contribution in [-0.4, -0.2) is 10.2 Å². The van der Waals surface area contributed by atoms with Gasteiger partial charge >= 0.3 is 0 Å². The van der Waals surface area contributed by atoms with Gasteiger partial charge in [-0.1, -0.05) is 11.6 Å². The number of carbonyl (C=O) groups is 1. The Hall–Kier alpha value is -0.440. The number of halogens is 3. The van der Waals surface area contributed by atoms with Crippen molar-refractivity contribution in [2.24, 2.45) is 5.41 Å². The zero-order valence-electron chi connectivity index (χ0n) is 9.48. The topological polar surface area (TPSA) is 29.1 Å². The molecule has 1 aromatic rings. The lowest BCUT2D eigenvalue weighted by Gasteiger charge is -2.14. The van der Waals surface area contributed by atoms with E-state index in [4.69, 9.17) is 34.8 Å². The third-order valence-electron chi connectivity index (χ3n) is 3.20. The first kappa shape index (κ1) is 13.0. The number of aryl methyl sites for hydroxylation is 1. The van der Waals surface area contributed by atoms with Crippen LogP contribution in [0.2, 0.25) is 5.02 Å². The van der Waals surface area contributed by atoms with Crippen LogP contribution in [0.25, 0.3) is 0 Å². The van der Waals surface area contributed by atoms with E-state index in [0.717, 1.165) is 11.3 Å². The number of alkyl halides is 2. The average Bonchev–Trinajstić information content (AvgIpc) is 2.72. The van der Waals surface area contributed by atoms with Crippen LogP contribution in [0.4, 0.5) is 5.69 Å². The van der Waals surface area contributed by atoms with Crippen molar-refractivity contribution in [3.63, 3.8) is 0 Å². The fourth-order valence-electron chi connectivity index (χ4n) is 1.67. The first-order chi connectivity index (χ1) is 7.76. The van der Waals surface area contributed by atoms with Crippen LogP contribution >= 0.6 is 34.8 Å². The van der Waals surface area contributed by atoms with Gasteiger partial charge in [-0.05, 0) is 44.0 Å². The molecule has 5 heteroatoms. The SMILES string of the molecule is Cc1cc(Cl)ccc1NC(=O)C1(C)CC1(Cl)Cl. The maximum absolute atomic E-state index is 12.0. The molecule has 0 aliphatic heterocycles. The number of hydrogen-bond acceptors (Lipinski definition) is 1. The predicted molar refractivity (Wildman–Crippen MR) is 72.0 cm³/mol. The van der Waals surface area contributed by atoms with Crippen LogP contribution < -0.4 is 5.32 Å². The monoisotopic (exact) mass is 291 g/mol. The number of amides is 1. The van der Waals surface area contributed by atoms with E-state index < -0.39 is 9.75 Å². The standard InChI is InChI=1S/C12H12Cl3NO/c1-7-5-8(13)3-4-9(7)16-10(17)11(2)6-12(11,14)15/h3-5H,6H2,1-2H3,(H,16,17). The van der Waals surface area contributed by atoms with Gasteiger partial charge in [0.25, 0.3) is 0 Å². The summed E-state index contributed by atoms with van der Waals surface area (Å²) in [6, 6.07) is 5.29. The number of carbonyl (C=O) groups excluding carboxylic acids is 1. The van der Waals surface area contributed by atoms with Crippen molar-refractivity contribution in [2.75, 3.05) is 5.32 Å². The predicted octanol–water partition coefficient (Wildman–Crippen LogP) is 4.17. The molecule has 92 valence electrons. The fraction of sp³-hybridized carbons (Fsp3) is 0.417. The van der Waals surface area contributed by atoms with Gasteiger partial charge < -0.3 is 5.32 Å². The van der Waals surface area contributed by atoms with Crippen LogP contribution in [0.5, 0.6) is 0 Å². The third-order valence-corrected chi connectivity index (χ3v) is 4.53. The van der Waals surface area contributed by atoms with Crippen molar-refractivity contribution >= 4 is 46.4 Å². The van der Waals surface area contributed by atoms with Gasteiger partial charge in [-0.15, -0.1) is 23.2 Å². The molecule has 0 spiro atoms. The highest BCUT2D eigenvalue weighted by molar-refractivity contribution is 6.53. The lowest BCUT2D eigenvalue weighted by molar-refractivity contribution is -0.120. The molecule has 1 N–H and O–H groups in total. The maximum Gasteiger partial charge on any atom is 0.233 e. The molecule has 1 amide bonds. The zero-order valence-corrected chi connectivity index (χ0v) is 11.7. The molecule has 1 aliphatic carbocycles. The van der Waals surface area contributed by atoms with E-state index in [2.05, 4.69) is 5.32 Å². The lowest BCUT2D eigenvalue weighted by atomic mass is 10.1. The molecule has 0 radical (unpaired) electrons. The van der Waals surface area contributed by atoms with Crippen LogP contribution in [0.1, 0.15) is 18.9 Å². The Kier molecular flexibility index (Phi) is 3.09. The van der Waals surface area contributed by atoms with Crippen molar-refractivity contribution in [2.45, 2.75) is 24.6 Å². The molecular formula is C12H12Cl3NO. The van der Waals surface area contributed by atoms with Gasteiger partial charge in [-0.25, -0.2) is 0 Å². The van der Waals surface area contributed by atoms with Gasteiger partial charge in [-0.2, -0.15) is 0 Å². The molecule has 0 bridgehead atoms. The van der Waals surface area contributed by atoms with Gasteiger partial charge in [0.05, 0.1) is 5.41 Å². The molecule has 1 unspecified atom stereocenters. The van der Waals surface area contributed by atoms with E-state index in [1.54, 1.807) is 25.1 Å². The molecular weight excluding hydrogens is 280 g/mol. The Morgan fingerprint density at radius 3 is 2.47 bits per heavy atom. The van der Waals surface area contributed by atoms with E-state index in [1.807, 2.05) is 6.92 Å². The summed E-state index contributed by atoms with van der Waals surface area (Å²) < 4.78 is -0.947. The van der Waals surface area contributed by atoms with Crippen LogP contribution in [0, 0.1) is 12.3 Å². The average molecular weight is 293 g/mol. The number of hydrogen-bond donors (Lipinski definition) is 1. The number of benzene rings is 1. The zero-order chi connectivity index (χ0) is 12.8. The van der Waals surface area contributed by atoms with Gasteiger partial charge in [0, 0.05) is 10.7 Å². The second-order valence-electron chi connectivity index (χ2n) is 4.63. The number of nitrogens with one attached hydrogen (secondary N) is 1. The van der Waals surface area contributed by atoms with Crippen LogP contribution in [-0.2, 0) is 4.79 Å². The first-order valence-corrected chi connectivity index (χ1v) is 6.35. The highest BCUT2D eigenvalue weighted by atomic mass is 35.5. The first-order valence-electron chi connectivity index (χ1n) is 5.22. The van der Waals surface area contributed by atoms with Crippen molar-refractivity contribution in [3.8, 4) is 0 Å². The summed E-state index contributed by atoms with van der Waals surface area (Å²) in [5, 5.41) is 3.47. The quantitative estimate of drug-likeness (QED) is 0.814. The molecule has 1 aromatic carbocycles. The Bertz CT molecular complexity index is 487. The van der Waals surface area contributed by atoms with Gasteiger partial charge in [0.1, 0.15) is 4.33 Å². The summed E-state index contributed by atoms with van der Waals surface area (Å²) in [6.07, 6.45) is 0.474. The normalized spacial score (nSPS) is 25.5. The van der Waals surface area contributed by atoms with Crippen LogP contribution in [0.3, 0.4) is 0 Å². The summed E-state index contributed by atoms with van der Waals surface area (Å²) in [6.45, 7) is 3.64. The van der Waals surface area contributed by atoms with Gasteiger partial charge in [0.15, 0.2) is 0 Å². The van der Waals surface area contributed by atoms with E-state index >= 15 is 0 Å². The molecule has 2 rings (SSSR count). The Balaban J connectivity index is 2.15. The summed E-state index contributed by atoms with van der Waals surface area (Å²) in [4.78, 5) is 12.0. The minimum absolute atomic E-state index is 0.159. The minimum atomic E-state index is -0.947. The second kappa shape index (κ2) is 4.04. The van der Waals surface area contributed by atoms with E-state index in [9.17, 15) is 4.79 Å². The van der Waals surface area contributed by atoms with E-state index in [1.165, 1.54) is 0 Å². The molecule has 1 fully saturated rings. The van der Waals surface area contributed by atoms with Crippen molar-refractivity contribution in [3.05, 3.63) is 28.8 Å². The maximum atomic E-state index is 12.0. The highest BCUT2D eigenvalue weighted by Crippen LogP contribution is 2.64. The molecule has 1 saturated carbocycles.